The lowest BCUT2D eigenvalue weighted by Gasteiger charge is -2.25. The van der Waals surface area contributed by atoms with Crippen molar-refractivity contribution in [1.29, 1.82) is 0 Å². The largest absolute Gasteiger partial charge is 0.478 e. The molecule has 2 atom stereocenters. The second-order valence-corrected chi connectivity index (χ2v) is 5.25. The summed E-state index contributed by atoms with van der Waals surface area (Å²) < 4.78 is 0. The zero-order valence-electron chi connectivity index (χ0n) is 11.2. The predicted octanol–water partition coefficient (Wildman–Crippen LogP) is 1.67. The Hall–Kier alpha value is -1.88. The van der Waals surface area contributed by atoms with Crippen LogP contribution in [0.25, 0.3) is 0 Å². The molecule has 5 heteroatoms. The summed E-state index contributed by atoms with van der Waals surface area (Å²) in [6, 6.07) is 6.17. The van der Waals surface area contributed by atoms with Crippen molar-refractivity contribution in [2.24, 2.45) is 5.92 Å². The molecule has 0 aromatic heterocycles. The third kappa shape index (κ3) is 3.57. The number of aromatic carboxylic acids is 1. The van der Waals surface area contributed by atoms with E-state index in [1.165, 1.54) is 12.1 Å². The molecule has 0 aliphatic heterocycles. The Labute approximate surface area is 117 Å². The van der Waals surface area contributed by atoms with E-state index in [1.807, 2.05) is 0 Å². The predicted molar refractivity (Wildman–Crippen MR) is 73.7 cm³/mol. The maximum Gasteiger partial charge on any atom is 0.336 e. The van der Waals surface area contributed by atoms with Gasteiger partial charge in [0.15, 0.2) is 0 Å². The third-order valence-electron chi connectivity index (χ3n) is 3.71. The van der Waals surface area contributed by atoms with Crippen LogP contribution in [0.4, 0.5) is 0 Å². The van der Waals surface area contributed by atoms with Gasteiger partial charge in [-0.1, -0.05) is 18.6 Å². The highest BCUT2D eigenvalue weighted by Gasteiger charge is 2.21. The fourth-order valence-electron chi connectivity index (χ4n) is 2.65. The first kappa shape index (κ1) is 14.5. The van der Waals surface area contributed by atoms with Crippen LogP contribution in [-0.4, -0.2) is 34.7 Å². The Morgan fingerprint density at radius 2 is 1.90 bits per heavy atom. The van der Waals surface area contributed by atoms with Crippen molar-refractivity contribution in [1.82, 2.24) is 5.32 Å². The van der Waals surface area contributed by atoms with E-state index >= 15 is 0 Å². The lowest BCUT2D eigenvalue weighted by molar-refractivity contribution is 0.0690. The molecule has 1 aromatic rings. The van der Waals surface area contributed by atoms with Gasteiger partial charge in [-0.25, -0.2) is 4.79 Å². The van der Waals surface area contributed by atoms with Crippen LogP contribution in [0.2, 0.25) is 0 Å². The number of aliphatic hydroxyl groups is 1. The van der Waals surface area contributed by atoms with Crippen LogP contribution >= 0.6 is 0 Å². The summed E-state index contributed by atoms with van der Waals surface area (Å²) in [6.07, 6.45) is 3.19. The summed E-state index contributed by atoms with van der Waals surface area (Å²) in [5.74, 6) is -1.22. The highest BCUT2D eigenvalue weighted by molar-refractivity contribution is 6.04. The van der Waals surface area contributed by atoms with E-state index in [0.29, 0.717) is 13.0 Å². The minimum atomic E-state index is -1.11. The highest BCUT2D eigenvalue weighted by Crippen LogP contribution is 2.23. The minimum Gasteiger partial charge on any atom is -0.478 e. The van der Waals surface area contributed by atoms with Crippen molar-refractivity contribution in [2.45, 2.75) is 31.8 Å². The second-order valence-electron chi connectivity index (χ2n) is 5.25. The van der Waals surface area contributed by atoms with E-state index < -0.39 is 5.97 Å². The molecule has 1 amide bonds. The molecule has 1 aromatic carbocycles. The Morgan fingerprint density at radius 1 is 1.20 bits per heavy atom. The third-order valence-corrected chi connectivity index (χ3v) is 3.71. The Bertz CT molecular complexity index is 500. The zero-order valence-corrected chi connectivity index (χ0v) is 11.2. The molecule has 0 heterocycles. The number of benzene rings is 1. The number of carboxylic acid groups (broad SMARTS) is 1. The van der Waals surface area contributed by atoms with Gasteiger partial charge in [0.1, 0.15) is 0 Å². The highest BCUT2D eigenvalue weighted by atomic mass is 16.4. The van der Waals surface area contributed by atoms with Crippen LogP contribution in [0.15, 0.2) is 24.3 Å². The second kappa shape index (κ2) is 6.52. The van der Waals surface area contributed by atoms with Crippen molar-refractivity contribution in [2.75, 3.05) is 6.54 Å². The first-order valence-electron chi connectivity index (χ1n) is 6.86. The van der Waals surface area contributed by atoms with Crippen LogP contribution < -0.4 is 5.32 Å². The smallest absolute Gasteiger partial charge is 0.336 e. The number of aliphatic hydroxyl groups excluding tert-OH is 1. The van der Waals surface area contributed by atoms with E-state index in [1.54, 1.807) is 12.1 Å². The molecule has 3 N–H and O–H groups in total. The number of carbonyl (C=O) groups is 2. The van der Waals surface area contributed by atoms with E-state index in [9.17, 15) is 14.7 Å². The monoisotopic (exact) mass is 277 g/mol. The lowest BCUT2D eigenvalue weighted by Crippen LogP contribution is -2.33. The molecule has 0 radical (unpaired) electrons. The molecule has 0 spiro atoms. The number of rotatable bonds is 4. The van der Waals surface area contributed by atoms with Gasteiger partial charge in [-0.3, -0.25) is 4.79 Å². The molecule has 2 rings (SSSR count). The van der Waals surface area contributed by atoms with Crippen molar-refractivity contribution >= 4 is 11.9 Å². The summed E-state index contributed by atoms with van der Waals surface area (Å²) in [4.78, 5) is 23.1. The standard InChI is InChI=1S/C15H19NO4/c17-11-5-3-4-10(8-11)9-16-14(18)12-6-1-2-7-13(12)15(19)20/h1-2,6-7,10-11,17H,3-5,8-9H2,(H,16,18)(H,19,20). The van der Waals surface area contributed by atoms with Gasteiger partial charge in [0.2, 0.25) is 0 Å². The molecule has 0 saturated heterocycles. The van der Waals surface area contributed by atoms with Crippen molar-refractivity contribution in [3.63, 3.8) is 0 Å². The Morgan fingerprint density at radius 3 is 2.55 bits per heavy atom. The van der Waals surface area contributed by atoms with Gasteiger partial charge in [0.05, 0.1) is 17.2 Å². The first-order valence-corrected chi connectivity index (χ1v) is 6.86. The fraction of sp³-hybridized carbons (Fsp3) is 0.467. The van der Waals surface area contributed by atoms with Crippen molar-refractivity contribution in [3.8, 4) is 0 Å². The van der Waals surface area contributed by atoms with Gasteiger partial charge in [0, 0.05) is 6.54 Å². The quantitative estimate of drug-likeness (QED) is 0.781. The molecule has 0 bridgehead atoms. The summed E-state index contributed by atoms with van der Waals surface area (Å²) in [5.41, 5.74) is 0.185. The summed E-state index contributed by atoms with van der Waals surface area (Å²) >= 11 is 0. The molecule has 1 saturated carbocycles. The molecule has 1 aliphatic carbocycles. The van der Waals surface area contributed by atoms with Gasteiger partial charge < -0.3 is 15.5 Å². The lowest BCUT2D eigenvalue weighted by atomic mass is 9.87. The zero-order chi connectivity index (χ0) is 14.5. The van der Waals surface area contributed by atoms with Crippen LogP contribution in [0.1, 0.15) is 46.4 Å². The van der Waals surface area contributed by atoms with E-state index in [-0.39, 0.29) is 29.1 Å². The van der Waals surface area contributed by atoms with Crippen molar-refractivity contribution in [3.05, 3.63) is 35.4 Å². The Kier molecular flexibility index (Phi) is 4.74. The summed E-state index contributed by atoms with van der Waals surface area (Å²) in [6.45, 7) is 0.476. The van der Waals surface area contributed by atoms with Crippen LogP contribution in [0.3, 0.4) is 0 Å². The van der Waals surface area contributed by atoms with Crippen molar-refractivity contribution < 1.29 is 19.8 Å². The van der Waals surface area contributed by atoms with Crippen LogP contribution in [0.5, 0.6) is 0 Å². The van der Waals surface area contributed by atoms with Gasteiger partial charge in [-0.15, -0.1) is 0 Å². The van der Waals surface area contributed by atoms with E-state index in [0.717, 1.165) is 19.3 Å². The maximum absolute atomic E-state index is 12.1. The molecule has 2 unspecified atom stereocenters. The first-order chi connectivity index (χ1) is 9.58. The minimum absolute atomic E-state index is 0.00804. The van der Waals surface area contributed by atoms with Gasteiger partial charge in [-0.05, 0) is 37.3 Å². The molecular formula is C15H19NO4. The van der Waals surface area contributed by atoms with Gasteiger partial charge in [-0.2, -0.15) is 0 Å². The molecule has 108 valence electrons. The SMILES string of the molecule is O=C(O)c1ccccc1C(=O)NCC1CCCC(O)C1. The van der Waals surface area contributed by atoms with E-state index in [4.69, 9.17) is 5.11 Å². The fourth-order valence-corrected chi connectivity index (χ4v) is 2.65. The molecule has 5 nitrogen and oxygen atoms in total. The topological polar surface area (TPSA) is 86.6 Å². The van der Waals surface area contributed by atoms with E-state index in [2.05, 4.69) is 5.32 Å². The number of amides is 1. The summed E-state index contributed by atoms with van der Waals surface area (Å²) in [7, 11) is 0. The summed E-state index contributed by atoms with van der Waals surface area (Å²) in [5, 5.41) is 21.4. The number of hydrogen-bond donors (Lipinski definition) is 3. The normalized spacial score (nSPS) is 22.2. The molecule has 1 fully saturated rings. The molecular weight excluding hydrogens is 258 g/mol. The average Bonchev–Trinajstić information content (AvgIpc) is 2.45. The number of carboxylic acids is 1. The van der Waals surface area contributed by atoms with Crippen LogP contribution in [0, 0.1) is 5.92 Å². The average molecular weight is 277 g/mol. The van der Waals surface area contributed by atoms with Gasteiger partial charge >= 0.3 is 5.97 Å². The Balaban J connectivity index is 1.97. The van der Waals surface area contributed by atoms with Crippen LogP contribution in [-0.2, 0) is 0 Å². The number of hydrogen-bond acceptors (Lipinski definition) is 3. The number of nitrogens with one attached hydrogen (secondary N) is 1. The molecule has 1 aliphatic rings. The molecule has 20 heavy (non-hydrogen) atoms. The number of carbonyl (C=O) groups excluding carboxylic acids is 1. The maximum atomic E-state index is 12.1. The van der Waals surface area contributed by atoms with Gasteiger partial charge in [0.25, 0.3) is 5.91 Å².